The summed E-state index contributed by atoms with van der Waals surface area (Å²) < 4.78 is 0. The second-order valence-electron chi connectivity index (χ2n) is 4.00. The van der Waals surface area contributed by atoms with E-state index in [2.05, 4.69) is 15.3 Å². The van der Waals surface area contributed by atoms with Crippen molar-refractivity contribution < 1.29 is 0 Å². The van der Waals surface area contributed by atoms with Gasteiger partial charge in [0.1, 0.15) is 0 Å². The predicted molar refractivity (Wildman–Crippen MR) is 73.7 cm³/mol. The number of hydrogen-bond donors (Lipinski definition) is 2. The predicted octanol–water partition coefficient (Wildman–Crippen LogP) is 2.96. The molecule has 4 nitrogen and oxygen atoms in total. The summed E-state index contributed by atoms with van der Waals surface area (Å²) in [6.45, 7) is 0. The summed E-state index contributed by atoms with van der Waals surface area (Å²) in [5.74, 6) is 0.672. The molecule has 1 aromatic carbocycles. The molecule has 0 bridgehead atoms. The Balaban J connectivity index is 1.98. The van der Waals surface area contributed by atoms with Crippen molar-refractivity contribution in [1.82, 2.24) is 9.97 Å². The number of benzene rings is 1. The molecule has 4 heteroatoms. The van der Waals surface area contributed by atoms with Crippen LogP contribution in [0.1, 0.15) is 0 Å². The number of pyridine rings is 2. The Morgan fingerprint density at radius 1 is 1.00 bits per heavy atom. The van der Waals surface area contributed by atoms with E-state index in [1.54, 1.807) is 12.4 Å². The Morgan fingerprint density at radius 3 is 2.83 bits per heavy atom. The van der Waals surface area contributed by atoms with Crippen LogP contribution in [0.25, 0.3) is 10.8 Å². The van der Waals surface area contributed by atoms with E-state index in [0.717, 1.165) is 16.5 Å². The van der Waals surface area contributed by atoms with Crippen LogP contribution in [0, 0.1) is 0 Å². The Kier molecular flexibility index (Phi) is 2.53. The summed E-state index contributed by atoms with van der Waals surface area (Å²) >= 11 is 0. The first-order valence-electron chi connectivity index (χ1n) is 5.64. The minimum atomic E-state index is 0.632. The van der Waals surface area contributed by atoms with Crippen LogP contribution in [-0.2, 0) is 0 Å². The van der Waals surface area contributed by atoms with Crippen LogP contribution in [0.15, 0.2) is 55.0 Å². The number of rotatable bonds is 2. The zero-order valence-corrected chi connectivity index (χ0v) is 9.67. The summed E-state index contributed by atoms with van der Waals surface area (Å²) in [6, 6.07) is 11.7. The molecule has 0 spiro atoms. The van der Waals surface area contributed by atoms with Gasteiger partial charge >= 0.3 is 0 Å². The highest BCUT2D eigenvalue weighted by atomic mass is 15.0. The van der Waals surface area contributed by atoms with Crippen molar-refractivity contribution in [2.75, 3.05) is 11.1 Å². The van der Waals surface area contributed by atoms with Gasteiger partial charge in [0.15, 0.2) is 5.82 Å². The molecular weight excluding hydrogens is 224 g/mol. The fourth-order valence-electron chi connectivity index (χ4n) is 1.82. The van der Waals surface area contributed by atoms with Gasteiger partial charge in [0.05, 0.1) is 5.69 Å². The molecular formula is C14H12N4. The van der Waals surface area contributed by atoms with Crippen molar-refractivity contribution in [3.8, 4) is 0 Å². The van der Waals surface area contributed by atoms with Crippen LogP contribution in [0.4, 0.5) is 17.2 Å². The third-order valence-corrected chi connectivity index (χ3v) is 2.74. The van der Waals surface area contributed by atoms with Gasteiger partial charge in [-0.25, -0.2) is 4.98 Å². The van der Waals surface area contributed by atoms with Crippen molar-refractivity contribution in [1.29, 1.82) is 0 Å². The summed E-state index contributed by atoms with van der Waals surface area (Å²) in [6.07, 6.45) is 5.33. The molecule has 0 radical (unpaired) electrons. The average molecular weight is 236 g/mol. The van der Waals surface area contributed by atoms with E-state index in [-0.39, 0.29) is 0 Å². The molecule has 0 atom stereocenters. The second-order valence-corrected chi connectivity index (χ2v) is 4.00. The van der Waals surface area contributed by atoms with Gasteiger partial charge in [0.2, 0.25) is 0 Å². The summed E-state index contributed by atoms with van der Waals surface area (Å²) in [4.78, 5) is 8.29. The molecule has 0 amide bonds. The van der Waals surface area contributed by atoms with Crippen LogP contribution >= 0.6 is 0 Å². The first kappa shape index (κ1) is 10.5. The molecule has 0 saturated carbocycles. The van der Waals surface area contributed by atoms with Crippen LogP contribution in [0.5, 0.6) is 0 Å². The minimum Gasteiger partial charge on any atom is -0.396 e. The van der Waals surface area contributed by atoms with E-state index in [9.17, 15) is 0 Å². The van der Waals surface area contributed by atoms with Gasteiger partial charge in [-0.15, -0.1) is 0 Å². The zero-order valence-electron chi connectivity index (χ0n) is 9.67. The van der Waals surface area contributed by atoms with Gasteiger partial charge in [0.25, 0.3) is 0 Å². The van der Waals surface area contributed by atoms with Crippen molar-refractivity contribution in [2.45, 2.75) is 0 Å². The fourth-order valence-corrected chi connectivity index (χ4v) is 1.82. The lowest BCUT2D eigenvalue weighted by Crippen LogP contribution is -1.98. The lowest BCUT2D eigenvalue weighted by molar-refractivity contribution is 1.31. The molecule has 0 aliphatic carbocycles. The molecule has 2 aromatic heterocycles. The third kappa shape index (κ3) is 1.96. The minimum absolute atomic E-state index is 0.632. The SMILES string of the molecule is Nc1cccnc1Nc1ccc2cnccc2c1. The van der Waals surface area contributed by atoms with Crippen LogP contribution in [0.3, 0.4) is 0 Å². The lowest BCUT2D eigenvalue weighted by Gasteiger charge is -2.08. The molecule has 0 saturated heterocycles. The van der Waals surface area contributed by atoms with E-state index < -0.39 is 0 Å². The molecule has 0 unspecified atom stereocenters. The summed E-state index contributed by atoms with van der Waals surface area (Å²) in [7, 11) is 0. The normalized spacial score (nSPS) is 10.4. The van der Waals surface area contributed by atoms with Gasteiger partial charge < -0.3 is 11.1 Å². The molecule has 0 aliphatic rings. The number of aromatic nitrogens is 2. The first-order valence-corrected chi connectivity index (χ1v) is 5.64. The smallest absolute Gasteiger partial charge is 0.153 e. The van der Waals surface area contributed by atoms with Gasteiger partial charge in [-0.05, 0) is 35.7 Å². The maximum absolute atomic E-state index is 5.85. The standard InChI is InChI=1S/C14H12N4/c15-13-2-1-6-17-14(13)18-12-4-3-11-9-16-7-5-10(11)8-12/h1-9H,15H2,(H,17,18). The molecule has 0 aliphatic heterocycles. The van der Waals surface area contributed by atoms with Gasteiger partial charge in [-0.3, -0.25) is 4.98 Å². The highest BCUT2D eigenvalue weighted by Gasteiger charge is 2.01. The number of nitrogens with two attached hydrogens (primary N) is 1. The van der Waals surface area contributed by atoms with E-state index in [0.29, 0.717) is 11.5 Å². The van der Waals surface area contributed by atoms with E-state index in [4.69, 9.17) is 5.73 Å². The van der Waals surface area contributed by atoms with Crippen molar-refractivity contribution in [2.24, 2.45) is 0 Å². The fraction of sp³-hybridized carbons (Fsp3) is 0. The quantitative estimate of drug-likeness (QED) is 0.718. The molecule has 18 heavy (non-hydrogen) atoms. The van der Waals surface area contributed by atoms with Crippen molar-refractivity contribution in [3.05, 3.63) is 55.0 Å². The highest BCUT2D eigenvalue weighted by Crippen LogP contribution is 2.23. The summed E-state index contributed by atoms with van der Waals surface area (Å²) in [5.41, 5.74) is 7.44. The lowest BCUT2D eigenvalue weighted by atomic mass is 10.1. The average Bonchev–Trinajstić information content (AvgIpc) is 2.41. The molecule has 0 fully saturated rings. The third-order valence-electron chi connectivity index (χ3n) is 2.74. The molecule has 3 aromatic rings. The summed E-state index contributed by atoms with van der Waals surface area (Å²) in [5, 5.41) is 5.45. The maximum atomic E-state index is 5.85. The topological polar surface area (TPSA) is 63.8 Å². The van der Waals surface area contributed by atoms with Gasteiger partial charge in [0, 0.05) is 29.7 Å². The Morgan fingerprint density at radius 2 is 1.94 bits per heavy atom. The number of anilines is 3. The monoisotopic (exact) mass is 236 g/mol. The number of nitrogens with one attached hydrogen (secondary N) is 1. The van der Waals surface area contributed by atoms with Crippen molar-refractivity contribution >= 4 is 28.0 Å². The largest absolute Gasteiger partial charge is 0.396 e. The Hall–Kier alpha value is -2.62. The van der Waals surface area contributed by atoms with Crippen LogP contribution in [-0.4, -0.2) is 9.97 Å². The number of hydrogen-bond acceptors (Lipinski definition) is 4. The Bertz CT molecular complexity index is 694. The second kappa shape index (κ2) is 4.33. The van der Waals surface area contributed by atoms with Gasteiger partial charge in [-0.2, -0.15) is 0 Å². The maximum Gasteiger partial charge on any atom is 0.153 e. The van der Waals surface area contributed by atoms with E-state index >= 15 is 0 Å². The number of nitrogens with zero attached hydrogens (tertiary/aromatic N) is 2. The van der Waals surface area contributed by atoms with Crippen LogP contribution < -0.4 is 11.1 Å². The first-order chi connectivity index (χ1) is 8.83. The molecule has 3 N–H and O–H groups in total. The highest BCUT2D eigenvalue weighted by molar-refractivity contribution is 5.86. The van der Waals surface area contributed by atoms with E-state index in [1.165, 1.54) is 0 Å². The number of nitrogen functional groups attached to an aromatic ring is 1. The Labute approximate surface area is 104 Å². The van der Waals surface area contributed by atoms with E-state index in [1.807, 2.05) is 42.6 Å². The molecule has 3 rings (SSSR count). The van der Waals surface area contributed by atoms with Crippen LogP contribution in [0.2, 0.25) is 0 Å². The number of fused-ring (bicyclic) bond motifs is 1. The van der Waals surface area contributed by atoms with Gasteiger partial charge in [-0.1, -0.05) is 6.07 Å². The zero-order chi connectivity index (χ0) is 12.4. The van der Waals surface area contributed by atoms with Crippen molar-refractivity contribution in [3.63, 3.8) is 0 Å². The molecule has 2 heterocycles. The molecule has 88 valence electrons.